The third kappa shape index (κ3) is 2.15. The predicted molar refractivity (Wildman–Crippen MR) is 49.0 cm³/mol. The Hall–Kier alpha value is -0.640. The monoisotopic (exact) mass is 184 g/mol. The lowest BCUT2D eigenvalue weighted by atomic mass is 10.2. The van der Waals surface area contributed by atoms with Gasteiger partial charge < -0.3 is 0 Å². The number of rotatable bonds is 0. The van der Waals surface area contributed by atoms with E-state index in [1.807, 2.05) is 6.07 Å². The molecule has 0 fully saturated rings. The van der Waals surface area contributed by atoms with Crippen LogP contribution in [0, 0.1) is 11.8 Å². The molecule has 0 unspecified atom stereocenters. The van der Waals surface area contributed by atoms with Crippen LogP contribution >= 0.6 is 23.2 Å². The first-order valence-corrected chi connectivity index (χ1v) is 3.87. The summed E-state index contributed by atoms with van der Waals surface area (Å²) >= 11 is 11.5. The molecule has 0 amide bonds. The fourth-order valence-electron chi connectivity index (χ4n) is 0.718. The van der Waals surface area contributed by atoms with Crippen LogP contribution in [0.25, 0.3) is 0 Å². The first kappa shape index (κ1) is 8.46. The second-order valence-electron chi connectivity index (χ2n) is 2.00. The molecule has 1 aromatic rings. The minimum absolute atomic E-state index is 0.548. The number of halogens is 2. The van der Waals surface area contributed by atoms with E-state index in [1.54, 1.807) is 19.1 Å². The Balaban J connectivity index is 3.12. The van der Waals surface area contributed by atoms with Crippen molar-refractivity contribution in [1.29, 1.82) is 0 Å². The lowest BCUT2D eigenvalue weighted by Gasteiger charge is -1.94. The molecule has 0 aliphatic carbocycles. The maximum Gasteiger partial charge on any atom is 0.0604 e. The maximum absolute atomic E-state index is 5.75. The zero-order chi connectivity index (χ0) is 8.27. The van der Waals surface area contributed by atoms with Crippen molar-refractivity contribution < 1.29 is 0 Å². The average molecular weight is 185 g/mol. The molecule has 56 valence electrons. The molecule has 1 aromatic carbocycles. The quantitative estimate of drug-likeness (QED) is 0.543. The van der Waals surface area contributed by atoms with Crippen LogP contribution in [0.5, 0.6) is 0 Å². The molecule has 0 radical (unpaired) electrons. The third-order valence-corrected chi connectivity index (χ3v) is 1.93. The van der Waals surface area contributed by atoms with Gasteiger partial charge in [0.1, 0.15) is 0 Å². The van der Waals surface area contributed by atoms with Crippen molar-refractivity contribution in [3.05, 3.63) is 33.8 Å². The highest BCUT2D eigenvalue weighted by Gasteiger charge is 1.95. The molecule has 0 aliphatic rings. The van der Waals surface area contributed by atoms with Gasteiger partial charge in [0.25, 0.3) is 0 Å². The summed E-state index contributed by atoms with van der Waals surface area (Å²) in [6, 6.07) is 5.33. The Labute approximate surface area is 76.1 Å². The highest BCUT2D eigenvalue weighted by Crippen LogP contribution is 2.21. The van der Waals surface area contributed by atoms with Crippen LogP contribution < -0.4 is 0 Å². The molecule has 0 saturated carbocycles. The van der Waals surface area contributed by atoms with E-state index in [0.29, 0.717) is 10.0 Å². The van der Waals surface area contributed by atoms with Crippen LogP contribution in [0.3, 0.4) is 0 Å². The van der Waals surface area contributed by atoms with E-state index >= 15 is 0 Å². The minimum atomic E-state index is 0.548. The normalized spacial score (nSPS) is 8.64. The first-order valence-electron chi connectivity index (χ1n) is 3.12. The van der Waals surface area contributed by atoms with Gasteiger partial charge in [-0.2, -0.15) is 0 Å². The zero-order valence-electron chi connectivity index (χ0n) is 5.99. The maximum atomic E-state index is 5.75. The lowest BCUT2D eigenvalue weighted by Crippen LogP contribution is -1.74. The van der Waals surface area contributed by atoms with E-state index in [1.165, 1.54) is 0 Å². The molecule has 0 saturated heterocycles. The smallest absolute Gasteiger partial charge is 0.0604 e. The first-order chi connectivity index (χ1) is 5.24. The molecule has 1 rings (SSSR count). The Kier molecular flexibility index (Phi) is 2.82. The van der Waals surface area contributed by atoms with Crippen LogP contribution in [0.1, 0.15) is 12.5 Å². The molecular formula is C9H6Cl2. The molecule has 0 aliphatic heterocycles. The standard InChI is InChI=1S/C9H6Cl2/c1-2-3-7-4-5-8(10)9(11)6-7/h4-6H,1H3. The molecule has 2 heteroatoms. The Morgan fingerprint density at radius 1 is 1.18 bits per heavy atom. The van der Waals surface area contributed by atoms with Gasteiger partial charge in [-0.05, 0) is 25.1 Å². The minimum Gasteiger partial charge on any atom is -0.101 e. The van der Waals surface area contributed by atoms with Gasteiger partial charge in [-0.15, -0.1) is 5.92 Å². The fourth-order valence-corrected chi connectivity index (χ4v) is 1.02. The molecule has 0 nitrogen and oxygen atoms in total. The van der Waals surface area contributed by atoms with E-state index in [2.05, 4.69) is 11.8 Å². The average Bonchev–Trinajstić information content (AvgIpc) is 1.98. The summed E-state index contributed by atoms with van der Waals surface area (Å²) in [5.41, 5.74) is 0.891. The summed E-state index contributed by atoms with van der Waals surface area (Å²) < 4.78 is 0. The van der Waals surface area contributed by atoms with E-state index in [9.17, 15) is 0 Å². The summed E-state index contributed by atoms with van der Waals surface area (Å²) in [5.74, 6) is 5.66. The van der Waals surface area contributed by atoms with Gasteiger partial charge in [0.2, 0.25) is 0 Å². The molecule has 0 aromatic heterocycles. The highest BCUT2D eigenvalue weighted by atomic mass is 35.5. The van der Waals surface area contributed by atoms with Gasteiger partial charge in [-0.3, -0.25) is 0 Å². The van der Waals surface area contributed by atoms with Crippen LogP contribution in [-0.2, 0) is 0 Å². The molecular weight excluding hydrogens is 179 g/mol. The van der Waals surface area contributed by atoms with Gasteiger partial charge in [0, 0.05) is 5.56 Å². The fraction of sp³-hybridized carbons (Fsp3) is 0.111. The summed E-state index contributed by atoms with van der Waals surface area (Å²) in [7, 11) is 0. The van der Waals surface area contributed by atoms with Gasteiger partial charge in [-0.25, -0.2) is 0 Å². The van der Waals surface area contributed by atoms with Crippen molar-refractivity contribution in [2.75, 3.05) is 0 Å². The van der Waals surface area contributed by atoms with Crippen molar-refractivity contribution in [3.63, 3.8) is 0 Å². The Morgan fingerprint density at radius 3 is 2.45 bits per heavy atom. The molecule has 0 bridgehead atoms. The van der Waals surface area contributed by atoms with Crippen LogP contribution in [0.15, 0.2) is 18.2 Å². The van der Waals surface area contributed by atoms with Gasteiger partial charge in [-0.1, -0.05) is 29.1 Å². The molecule has 11 heavy (non-hydrogen) atoms. The topological polar surface area (TPSA) is 0 Å². The van der Waals surface area contributed by atoms with Crippen molar-refractivity contribution in [2.45, 2.75) is 6.92 Å². The Bertz CT molecular complexity index is 318. The number of benzene rings is 1. The van der Waals surface area contributed by atoms with Crippen molar-refractivity contribution in [2.24, 2.45) is 0 Å². The van der Waals surface area contributed by atoms with Crippen LogP contribution in [0.4, 0.5) is 0 Å². The Morgan fingerprint density at radius 2 is 1.91 bits per heavy atom. The summed E-state index contributed by atoms with van der Waals surface area (Å²) in [6.45, 7) is 1.78. The lowest BCUT2D eigenvalue weighted by molar-refractivity contribution is 1.64. The second-order valence-corrected chi connectivity index (χ2v) is 2.82. The van der Waals surface area contributed by atoms with E-state index in [-0.39, 0.29) is 0 Å². The molecule has 0 heterocycles. The van der Waals surface area contributed by atoms with Crippen molar-refractivity contribution in [3.8, 4) is 11.8 Å². The van der Waals surface area contributed by atoms with Crippen LogP contribution in [0.2, 0.25) is 10.0 Å². The third-order valence-electron chi connectivity index (χ3n) is 1.19. The molecule has 0 N–H and O–H groups in total. The van der Waals surface area contributed by atoms with E-state index in [4.69, 9.17) is 23.2 Å². The predicted octanol–water partition coefficient (Wildman–Crippen LogP) is 3.36. The van der Waals surface area contributed by atoms with Crippen molar-refractivity contribution >= 4 is 23.2 Å². The largest absolute Gasteiger partial charge is 0.101 e. The molecule has 0 spiro atoms. The van der Waals surface area contributed by atoms with Gasteiger partial charge >= 0.3 is 0 Å². The highest BCUT2D eigenvalue weighted by molar-refractivity contribution is 6.42. The summed E-state index contributed by atoms with van der Waals surface area (Å²) in [5, 5.41) is 1.11. The van der Waals surface area contributed by atoms with Gasteiger partial charge in [0.15, 0.2) is 0 Å². The summed E-state index contributed by atoms with van der Waals surface area (Å²) in [6.07, 6.45) is 0. The SMILES string of the molecule is CC#Cc1ccc(Cl)c(Cl)c1. The van der Waals surface area contributed by atoms with Crippen LogP contribution in [-0.4, -0.2) is 0 Å². The second kappa shape index (κ2) is 3.67. The summed E-state index contributed by atoms with van der Waals surface area (Å²) in [4.78, 5) is 0. The molecule has 0 atom stereocenters. The zero-order valence-corrected chi connectivity index (χ0v) is 7.50. The van der Waals surface area contributed by atoms with Gasteiger partial charge in [0.05, 0.1) is 10.0 Å². The number of hydrogen-bond donors (Lipinski definition) is 0. The van der Waals surface area contributed by atoms with E-state index < -0.39 is 0 Å². The van der Waals surface area contributed by atoms with E-state index in [0.717, 1.165) is 5.56 Å². The van der Waals surface area contributed by atoms with Crippen molar-refractivity contribution in [1.82, 2.24) is 0 Å². The number of hydrogen-bond acceptors (Lipinski definition) is 0.